The lowest BCUT2D eigenvalue weighted by Gasteiger charge is -2.38. The van der Waals surface area contributed by atoms with E-state index in [-0.39, 0.29) is 12.1 Å². The quantitative estimate of drug-likeness (QED) is 0.822. The van der Waals surface area contributed by atoms with E-state index in [2.05, 4.69) is 38.3 Å². The lowest BCUT2D eigenvalue weighted by atomic mass is 9.71. The van der Waals surface area contributed by atoms with Crippen LogP contribution in [0.3, 0.4) is 0 Å². The molecule has 0 saturated heterocycles. The summed E-state index contributed by atoms with van der Waals surface area (Å²) >= 11 is 0. The summed E-state index contributed by atoms with van der Waals surface area (Å²) in [5.41, 5.74) is -0.0130. The highest BCUT2D eigenvalue weighted by Crippen LogP contribution is 2.37. The van der Waals surface area contributed by atoms with Crippen molar-refractivity contribution in [3.63, 3.8) is 0 Å². The second kappa shape index (κ2) is 7.67. The van der Waals surface area contributed by atoms with Gasteiger partial charge in [-0.1, -0.05) is 20.8 Å². The minimum Gasteiger partial charge on any atom is -0.444 e. The van der Waals surface area contributed by atoms with Crippen LogP contribution in [-0.4, -0.2) is 30.3 Å². The van der Waals surface area contributed by atoms with Crippen molar-refractivity contribution in [1.82, 2.24) is 10.6 Å². The Hall–Kier alpha value is -0.770. The van der Waals surface area contributed by atoms with Crippen LogP contribution in [0.15, 0.2) is 0 Å². The fourth-order valence-corrected chi connectivity index (χ4v) is 3.14. The van der Waals surface area contributed by atoms with Crippen molar-refractivity contribution < 1.29 is 9.53 Å². The first-order valence-corrected chi connectivity index (χ1v) is 8.70. The molecule has 0 aromatic heterocycles. The van der Waals surface area contributed by atoms with Crippen LogP contribution in [0.25, 0.3) is 0 Å². The lowest BCUT2D eigenvalue weighted by Crippen LogP contribution is -2.46. The van der Waals surface area contributed by atoms with E-state index >= 15 is 0 Å². The smallest absolute Gasteiger partial charge is 0.407 e. The molecule has 4 nitrogen and oxygen atoms in total. The van der Waals surface area contributed by atoms with Crippen LogP contribution in [0, 0.1) is 11.3 Å². The number of hydrogen-bond donors (Lipinski definition) is 2. The average Bonchev–Trinajstić information content (AvgIpc) is 2.34. The normalized spacial score (nSPS) is 24.7. The monoisotopic (exact) mass is 312 g/mol. The Labute approximate surface area is 136 Å². The number of rotatable bonds is 4. The molecule has 0 aromatic carbocycles. The van der Waals surface area contributed by atoms with Crippen LogP contribution < -0.4 is 10.6 Å². The summed E-state index contributed by atoms with van der Waals surface area (Å²) in [5.74, 6) is 0.834. The summed E-state index contributed by atoms with van der Waals surface area (Å²) in [6, 6.07) is 0.845. The van der Waals surface area contributed by atoms with Gasteiger partial charge in [0.1, 0.15) is 5.60 Å². The molecule has 0 bridgehead atoms. The Morgan fingerprint density at radius 2 is 1.64 bits per heavy atom. The molecule has 0 aromatic rings. The molecular formula is C18H36N2O2. The van der Waals surface area contributed by atoms with Gasteiger partial charge in [-0.05, 0) is 64.7 Å². The first-order valence-electron chi connectivity index (χ1n) is 8.70. The Morgan fingerprint density at radius 3 is 2.09 bits per heavy atom. The van der Waals surface area contributed by atoms with Crippen LogP contribution in [0.2, 0.25) is 0 Å². The van der Waals surface area contributed by atoms with Gasteiger partial charge in [0, 0.05) is 18.6 Å². The third-order valence-corrected chi connectivity index (χ3v) is 4.42. The molecule has 1 amide bonds. The summed E-state index contributed by atoms with van der Waals surface area (Å²) in [5, 5.41) is 6.48. The third kappa shape index (κ3) is 7.48. The van der Waals surface area contributed by atoms with Gasteiger partial charge in [0.2, 0.25) is 0 Å². The zero-order valence-electron chi connectivity index (χ0n) is 15.6. The number of ether oxygens (including phenoxy) is 1. The highest BCUT2D eigenvalue weighted by atomic mass is 16.6. The van der Waals surface area contributed by atoms with Gasteiger partial charge in [-0.15, -0.1) is 0 Å². The Bertz CT molecular complexity index is 347. The lowest BCUT2D eigenvalue weighted by molar-refractivity contribution is 0.0521. The van der Waals surface area contributed by atoms with Gasteiger partial charge in [0.25, 0.3) is 0 Å². The van der Waals surface area contributed by atoms with E-state index in [4.69, 9.17) is 4.74 Å². The average molecular weight is 312 g/mol. The largest absolute Gasteiger partial charge is 0.444 e. The minimum atomic E-state index is -0.438. The molecule has 0 radical (unpaired) electrons. The molecule has 1 unspecified atom stereocenters. The van der Waals surface area contributed by atoms with Crippen molar-refractivity contribution in [1.29, 1.82) is 0 Å². The fourth-order valence-electron chi connectivity index (χ4n) is 3.14. The molecule has 22 heavy (non-hydrogen) atoms. The Morgan fingerprint density at radius 1 is 1.09 bits per heavy atom. The van der Waals surface area contributed by atoms with Crippen LogP contribution in [0.4, 0.5) is 4.79 Å². The van der Waals surface area contributed by atoms with Gasteiger partial charge < -0.3 is 15.4 Å². The molecular weight excluding hydrogens is 276 g/mol. The molecule has 1 rings (SSSR count). The summed E-state index contributed by atoms with van der Waals surface area (Å²) in [6.07, 6.45) is 4.73. The Balaban J connectivity index is 2.24. The van der Waals surface area contributed by atoms with Gasteiger partial charge >= 0.3 is 6.09 Å². The molecule has 1 fully saturated rings. The summed E-state index contributed by atoms with van der Waals surface area (Å²) in [4.78, 5) is 11.6. The van der Waals surface area contributed by atoms with E-state index in [0.29, 0.717) is 18.0 Å². The molecule has 1 atom stereocenters. The molecule has 1 aliphatic rings. The zero-order chi connectivity index (χ0) is 17.0. The standard InChI is InChI=1S/C18H36N2O2/c1-13(12-19-16(21)22-18(5,6)7)20-15-10-8-14(9-11-15)17(2,3)4/h13-15,20H,8-12H2,1-7H3,(H,19,21). The predicted octanol–water partition coefficient (Wildman–Crippen LogP) is 4.09. The third-order valence-electron chi connectivity index (χ3n) is 4.42. The highest BCUT2D eigenvalue weighted by Gasteiger charge is 2.30. The number of nitrogens with one attached hydrogen (secondary N) is 2. The van der Waals surface area contributed by atoms with E-state index < -0.39 is 5.60 Å². The maximum absolute atomic E-state index is 11.6. The zero-order valence-corrected chi connectivity index (χ0v) is 15.6. The summed E-state index contributed by atoms with van der Waals surface area (Å²) in [7, 11) is 0. The van der Waals surface area contributed by atoms with Crippen LogP contribution >= 0.6 is 0 Å². The minimum absolute atomic E-state index is 0.267. The first kappa shape index (κ1) is 19.3. The van der Waals surface area contributed by atoms with Crippen molar-refractivity contribution in [3.05, 3.63) is 0 Å². The summed E-state index contributed by atoms with van der Waals surface area (Å²) in [6.45, 7) is 15.4. The molecule has 1 saturated carbocycles. The van der Waals surface area contributed by atoms with Crippen molar-refractivity contribution in [2.75, 3.05) is 6.54 Å². The van der Waals surface area contributed by atoms with Gasteiger partial charge in [0.15, 0.2) is 0 Å². The van der Waals surface area contributed by atoms with E-state index in [1.807, 2.05) is 20.8 Å². The molecule has 1 aliphatic carbocycles. The number of hydrogen-bond acceptors (Lipinski definition) is 3. The van der Waals surface area contributed by atoms with Gasteiger partial charge in [-0.25, -0.2) is 4.79 Å². The van der Waals surface area contributed by atoms with E-state index in [9.17, 15) is 4.79 Å². The van der Waals surface area contributed by atoms with Gasteiger partial charge in [-0.2, -0.15) is 0 Å². The molecule has 0 spiro atoms. The SMILES string of the molecule is CC(CNC(=O)OC(C)(C)C)NC1CCC(C(C)(C)C)CC1. The second-order valence-corrected chi connectivity index (χ2v) is 8.87. The van der Waals surface area contributed by atoms with Crippen LogP contribution in [-0.2, 0) is 4.74 Å². The number of carbonyl (C=O) groups is 1. The van der Waals surface area contributed by atoms with Crippen molar-refractivity contribution in [2.24, 2.45) is 11.3 Å². The second-order valence-electron chi connectivity index (χ2n) is 8.87. The van der Waals surface area contributed by atoms with Crippen LogP contribution in [0.5, 0.6) is 0 Å². The number of carbonyl (C=O) groups excluding carboxylic acids is 1. The maximum Gasteiger partial charge on any atom is 0.407 e. The molecule has 0 aliphatic heterocycles. The molecule has 2 N–H and O–H groups in total. The van der Waals surface area contributed by atoms with E-state index in [1.54, 1.807) is 0 Å². The van der Waals surface area contributed by atoms with Gasteiger partial charge in [0.05, 0.1) is 0 Å². The van der Waals surface area contributed by atoms with Crippen LogP contribution in [0.1, 0.15) is 74.1 Å². The van der Waals surface area contributed by atoms with E-state index in [1.165, 1.54) is 25.7 Å². The van der Waals surface area contributed by atoms with E-state index in [0.717, 1.165) is 5.92 Å². The van der Waals surface area contributed by atoms with Crippen molar-refractivity contribution in [3.8, 4) is 0 Å². The molecule has 0 heterocycles. The fraction of sp³-hybridized carbons (Fsp3) is 0.944. The van der Waals surface area contributed by atoms with Gasteiger partial charge in [-0.3, -0.25) is 0 Å². The van der Waals surface area contributed by atoms with Crippen molar-refractivity contribution in [2.45, 2.75) is 91.8 Å². The summed E-state index contributed by atoms with van der Waals surface area (Å²) < 4.78 is 5.25. The Kier molecular flexibility index (Phi) is 6.72. The first-order chi connectivity index (χ1) is 9.97. The highest BCUT2D eigenvalue weighted by molar-refractivity contribution is 5.67. The molecule has 4 heteroatoms. The van der Waals surface area contributed by atoms with Crippen molar-refractivity contribution >= 4 is 6.09 Å². The maximum atomic E-state index is 11.6. The molecule has 130 valence electrons. The predicted molar refractivity (Wildman–Crippen MR) is 92.0 cm³/mol. The topological polar surface area (TPSA) is 50.4 Å². The number of amides is 1. The number of alkyl carbamates (subject to hydrolysis) is 1.